The Bertz CT molecular complexity index is 626. The first-order valence-electron chi connectivity index (χ1n) is 7.91. The maximum absolute atomic E-state index is 12.0. The Morgan fingerprint density at radius 2 is 1.96 bits per heavy atom. The molecule has 0 spiro atoms. The molecule has 2 rings (SSSR count). The molecule has 0 radical (unpaired) electrons. The lowest BCUT2D eigenvalue weighted by Gasteiger charge is -2.26. The summed E-state index contributed by atoms with van der Waals surface area (Å²) in [5.41, 5.74) is -0.152. The standard InChI is InChI=1S/C16H21N3O5/c1-24-12-5-6-13(14(11-12)19(22)23)17-15(20)7-8-16(21)18-9-3-2-4-10-18/h5-6,11H,2-4,7-10H2,1H3,(H,17,20). The summed E-state index contributed by atoms with van der Waals surface area (Å²) >= 11 is 0. The van der Waals surface area contributed by atoms with Gasteiger partial charge in [0.2, 0.25) is 11.8 Å². The SMILES string of the molecule is COc1ccc(NC(=O)CCC(=O)N2CCCCC2)c([N+](=O)[O-])c1. The molecule has 24 heavy (non-hydrogen) atoms. The van der Waals surface area contributed by atoms with Crippen molar-refractivity contribution in [2.45, 2.75) is 32.1 Å². The molecule has 0 bridgehead atoms. The smallest absolute Gasteiger partial charge is 0.296 e. The molecule has 1 aliphatic heterocycles. The van der Waals surface area contributed by atoms with E-state index in [2.05, 4.69) is 5.32 Å². The number of nitro groups is 1. The third kappa shape index (κ3) is 4.68. The lowest BCUT2D eigenvalue weighted by Crippen LogP contribution is -2.35. The van der Waals surface area contributed by atoms with E-state index in [-0.39, 0.29) is 30.1 Å². The summed E-state index contributed by atoms with van der Waals surface area (Å²) in [5, 5.41) is 13.6. The number of hydrogen-bond donors (Lipinski definition) is 1. The van der Waals surface area contributed by atoms with Gasteiger partial charge in [-0.05, 0) is 31.4 Å². The number of amides is 2. The highest BCUT2D eigenvalue weighted by atomic mass is 16.6. The lowest BCUT2D eigenvalue weighted by molar-refractivity contribution is -0.384. The fourth-order valence-electron chi connectivity index (χ4n) is 2.63. The molecule has 0 saturated carbocycles. The van der Waals surface area contributed by atoms with Crippen LogP contribution < -0.4 is 10.1 Å². The van der Waals surface area contributed by atoms with Gasteiger partial charge in [-0.1, -0.05) is 0 Å². The molecule has 130 valence electrons. The number of carbonyl (C=O) groups is 2. The third-order valence-corrected chi connectivity index (χ3v) is 3.95. The predicted octanol–water partition coefficient (Wildman–Crippen LogP) is 2.33. The van der Waals surface area contributed by atoms with Crippen molar-refractivity contribution in [2.75, 3.05) is 25.5 Å². The molecule has 1 aliphatic rings. The number of carbonyl (C=O) groups excluding carboxylic acids is 2. The summed E-state index contributed by atoms with van der Waals surface area (Å²) < 4.78 is 4.94. The zero-order chi connectivity index (χ0) is 17.5. The van der Waals surface area contributed by atoms with Gasteiger partial charge in [0.25, 0.3) is 5.69 Å². The van der Waals surface area contributed by atoms with E-state index in [1.165, 1.54) is 25.3 Å². The zero-order valence-corrected chi connectivity index (χ0v) is 13.6. The minimum atomic E-state index is -0.586. The summed E-state index contributed by atoms with van der Waals surface area (Å²) in [7, 11) is 1.41. The number of ether oxygens (including phenoxy) is 1. The van der Waals surface area contributed by atoms with Gasteiger partial charge in [-0.25, -0.2) is 0 Å². The summed E-state index contributed by atoms with van der Waals surface area (Å²) in [6.07, 6.45) is 3.23. The number of nitrogens with zero attached hydrogens (tertiary/aromatic N) is 2. The average Bonchev–Trinajstić information content (AvgIpc) is 2.60. The molecule has 0 atom stereocenters. The van der Waals surface area contributed by atoms with Crippen LogP contribution in [0.3, 0.4) is 0 Å². The molecule has 1 aromatic rings. The minimum absolute atomic E-state index is 0.00147. The fraction of sp³-hybridized carbons (Fsp3) is 0.500. The van der Waals surface area contributed by atoms with Crippen LogP contribution in [0, 0.1) is 10.1 Å². The van der Waals surface area contributed by atoms with Crippen molar-refractivity contribution in [3.05, 3.63) is 28.3 Å². The van der Waals surface area contributed by atoms with Gasteiger partial charge in [-0.15, -0.1) is 0 Å². The molecule has 1 heterocycles. The van der Waals surface area contributed by atoms with E-state index in [0.29, 0.717) is 5.75 Å². The van der Waals surface area contributed by atoms with Crippen molar-refractivity contribution < 1.29 is 19.2 Å². The molecule has 1 aromatic carbocycles. The minimum Gasteiger partial charge on any atom is -0.496 e. The highest BCUT2D eigenvalue weighted by Gasteiger charge is 2.20. The third-order valence-electron chi connectivity index (χ3n) is 3.95. The number of methoxy groups -OCH3 is 1. The maximum atomic E-state index is 12.0. The predicted molar refractivity (Wildman–Crippen MR) is 87.9 cm³/mol. The molecular weight excluding hydrogens is 314 g/mol. The Morgan fingerprint density at radius 3 is 2.58 bits per heavy atom. The van der Waals surface area contributed by atoms with Crippen LogP contribution in [0.1, 0.15) is 32.1 Å². The quantitative estimate of drug-likeness (QED) is 0.635. The number of benzene rings is 1. The van der Waals surface area contributed by atoms with E-state index in [4.69, 9.17) is 4.74 Å². The summed E-state index contributed by atoms with van der Waals surface area (Å²) in [5.74, 6) is -0.136. The van der Waals surface area contributed by atoms with E-state index in [1.54, 1.807) is 4.90 Å². The first-order chi connectivity index (χ1) is 11.5. The Kier molecular flexibility index (Phi) is 6.11. The number of anilines is 1. The number of piperidine rings is 1. The number of hydrogen-bond acceptors (Lipinski definition) is 5. The van der Waals surface area contributed by atoms with Crippen LogP contribution in [0.15, 0.2) is 18.2 Å². The molecule has 0 aliphatic carbocycles. The first kappa shape index (κ1) is 17.7. The Morgan fingerprint density at radius 1 is 1.25 bits per heavy atom. The first-order valence-corrected chi connectivity index (χ1v) is 7.91. The summed E-state index contributed by atoms with van der Waals surface area (Å²) in [6.45, 7) is 1.48. The lowest BCUT2D eigenvalue weighted by atomic mass is 10.1. The van der Waals surface area contributed by atoms with Gasteiger partial charge in [0.1, 0.15) is 11.4 Å². The van der Waals surface area contributed by atoms with Crippen LogP contribution >= 0.6 is 0 Å². The second-order valence-corrected chi connectivity index (χ2v) is 5.63. The Balaban J connectivity index is 1.92. The zero-order valence-electron chi connectivity index (χ0n) is 13.6. The second kappa shape index (κ2) is 8.28. The van der Waals surface area contributed by atoms with E-state index < -0.39 is 10.8 Å². The molecule has 1 N–H and O–H groups in total. The fourth-order valence-corrected chi connectivity index (χ4v) is 2.63. The van der Waals surface area contributed by atoms with Gasteiger partial charge < -0.3 is 15.0 Å². The van der Waals surface area contributed by atoms with Crippen LogP contribution in [-0.4, -0.2) is 41.8 Å². The van der Waals surface area contributed by atoms with E-state index in [9.17, 15) is 19.7 Å². The second-order valence-electron chi connectivity index (χ2n) is 5.63. The van der Waals surface area contributed by atoms with Crippen molar-refractivity contribution in [3.8, 4) is 5.75 Å². The maximum Gasteiger partial charge on any atom is 0.296 e. The molecule has 1 saturated heterocycles. The molecule has 0 aromatic heterocycles. The van der Waals surface area contributed by atoms with Crippen LogP contribution in [0.5, 0.6) is 5.75 Å². The Labute approximate surface area is 139 Å². The Hall–Kier alpha value is -2.64. The van der Waals surface area contributed by atoms with Gasteiger partial charge in [-0.2, -0.15) is 0 Å². The van der Waals surface area contributed by atoms with Crippen molar-refractivity contribution >= 4 is 23.2 Å². The number of nitro benzene ring substituents is 1. The van der Waals surface area contributed by atoms with E-state index in [0.717, 1.165) is 32.4 Å². The van der Waals surface area contributed by atoms with Crippen molar-refractivity contribution in [3.63, 3.8) is 0 Å². The van der Waals surface area contributed by atoms with Crippen molar-refractivity contribution in [1.82, 2.24) is 4.90 Å². The summed E-state index contributed by atoms with van der Waals surface area (Å²) in [6, 6.07) is 4.19. The summed E-state index contributed by atoms with van der Waals surface area (Å²) in [4.78, 5) is 36.3. The molecule has 2 amide bonds. The highest BCUT2D eigenvalue weighted by molar-refractivity contribution is 5.95. The molecule has 8 heteroatoms. The highest BCUT2D eigenvalue weighted by Crippen LogP contribution is 2.29. The van der Waals surface area contributed by atoms with E-state index >= 15 is 0 Å². The molecule has 0 unspecified atom stereocenters. The van der Waals surface area contributed by atoms with Crippen molar-refractivity contribution in [2.24, 2.45) is 0 Å². The monoisotopic (exact) mass is 335 g/mol. The van der Waals surface area contributed by atoms with Gasteiger partial charge >= 0.3 is 0 Å². The van der Waals surface area contributed by atoms with Crippen LogP contribution in [0.4, 0.5) is 11.4 Å². The number of rotatable bonds is 6. The van der Waals surface area contributed by atoms with Crippen LogP contribution in [0.2, 0.25) is 0 Å². The van der Waals surface area contributed by atoms with Gasteiger partial charge in [0.05, 0.1) is 18.1 Å². The normalized spacial score (nSPS) is 14.1. The molecule has 1 fully saturated rings. The van der Waals surface area contributed by atoms with Gasteiger partial charge in [0.15, 0.2) is 0 Å². The molecule has 8 nitrogen and oxygen atoms in total. The largest absolute Gasteiger partial charge is 0.496 e. The number of likely N-dealkylation sites (tertiary alicyclic amines) is 1. The van der Waals surface area contributed by atoms with Crippen LogP contribution in [-0.2, 0) is 9.59 Å². The topological polar surface area (TPSA) is 102 Å². The average molecular weight is 335 g/mol. The van der Waals surface area contributed by atoms with E-state index in [1.807, 2.05) is 0 Å². The number of nitrogens with one attached hydrogen (secondary N) is 1. The van der Waals surface area contributed by atoms with Gasteiger partial charge in [0, 0.05) is 25.9 Å². The van der Waals surface area contributed by atoms with Crippen molar-refractivity contribution in [1.29, 1.82) is 0 Å². The van der Waals surface area contributed by atoms with Gasteiger partial charge in [-0.3, -0.25) is 19.7 Å². The molecular formula is C16H21N3O5. The van der Waals surface area contributed by atoms with Crippen LogP contribution in [0.25, 0.3) is 0 Å².